The number of hydrogen-bond donors (Lipinski definition) is 7. The lowest BCUT2D eigenvalue weighted by Crippen LogP contribution is -2.36. The molecule has 7 N–H and O–H groups in total. The largest absolute Gasteiger partial charge is 0.504 e. The number of phosphoric ester groups is 1. The van der Waals surface area contributed by atoms with E-state index in [9.17, 15) is 24.3 Å². The number of H-pyrrole nitrogens is 1. The van der Waals surface area contributed by atoms with E-state index in [4.69, 9.17) is 19.3 Å². The average molecular weight is 487 g/mol. The summed E-state index contributed by atoms with van der Waals surface area (Å²) in [6.45, 7) is -0.903. The number of ether oxygens (including phenoxy) is 2. The van der Waals surface area contributed by atoms with E-state index in [0.717, 1.165) is 6.07 Å². The van der Waals surface area contributed by atoms with Gasteiger partial charge in [-0.2, -0.15) is 0 Å². The van der Waals surface area contributed by atoms with Gasteiger partial charge < -0.3 is 44.9 Å². The van der Waals surface area contributed by atoms with E-state index in [-0.39, 0.29) is 17.9 Å². The maximum absolute atomic E-state index is 14.0. The molecule has 0 amide bonds. The summed E-state index contributed by atoms with van der Waals surface area (Å²) < 4.78 is 40.0. The highest BCUT2D eigenvalue weighted by Crippen LogP contribution is 2.38. The quantitative estimate of drug-likeness (QED) is 0.204. The Balaban J connectivity index is 1.52. The number of phenolic OH excluding ortho intramolecular Hbond substituents is 1. The van der Waals surface area contributed by atoms with Crippen LogP contribution in [0.1, 0.15) is 5.56 Å². The van der Waals surface area contributed by atoms with Crippen molar-refractivity contribution >= 4 is 24.8 Å². The average Bonchev–Trinajstić information content (AvgIpc) is 3.35. The molecule has 1 fully saturated rings. The minimum Gasteiger partial charge on any atom is -0.504 e. The molecule has 0 radical (unpaired) electrons. The van der Waals surface area contributed by atoms with Gasteiger partial charge in [-0.1, -0.05) is 0 Å². The molecule has 1 aliphatic heterocycles. The number of anilines is 1. The van der Waals surface area contributed by atoms with Crippen molar-refractivity contribution in [2.75, 3.05) is 11.9 Å². The number of aromatic nitrogens is 4. The molecule has 33 heavy (non-hydrogen) atoms. The van der Waals surface area contributed by atoms with Crippen molar-refractivity contribution in [2.45, 2.75) is 31.1 Å². The van der Waals surface area contributed by atoms with Crippen LogP contribution in [-0.2, 0) is 20.4 Å². The smallest absolute Gasteiger partial charge is 0.469 e. The molecule has 2 aromatic heterocycles. The number of rotatable bonds is 8. The van der Waals surface area contributed by atoms with E-state index < -0.39 is 50.6 Å². The fourth-order valence-electron chi connectivity index (χ4n) is 3.19. The summed E-state index contributed by atoms with van der Waals surface area (Å²) in [5, 5.41) is 33.4. The van der Waals surface area contributed by atoms with Gasteiger partial charge in [-0.3, -0.25) is 4.52 Å². The van der Waals surface area contributed by atoms with Gasteiger partial charge in [0.25, 0.3) is 0 Å². The number of halogens is 1. The zero-order valence-electron chi connectivity index (χ0n) is 16.6. The second-order valence-electron chi connectivity index (χ2n) is 6.98. The van der Waals surface area contributed by atoms with E-state index in [1.54, 1.807) is 0 Å². The molecule has 3 aromatic rings. The third kappa shape index (κ3) is 5.04. The van der Waals surface area contributed by atoms with E-state index in [2.05, 4.69) is 29.8 Å². The Hall–Kier alpha value is -2.91. The first-order valence-electron chi connectivity index (χ1n) is 9.40. The Kier molecular flexibility index (Phi) is 6.45. The van der Waals surface area contributed by atoms with E-state index in [1.165, 1.54) is 18.7 Å². The lowest BCUT2D eigenvalue weighted by molar-refractivity contribution is -0.116. The topological polar surface area (TPSA) is 212 Å². The summed E-state index contributed by atoms with van der Waals surface area (Å²) >= 11 is 0. The van der Waals surface area contributed by atoms with Crippen LogP contribution in [0.5, 0.6) is 11.5 Å². The molecule has 1 aliphatic rings. The lowest BCUT2D eigenvalue weighted by Gasteiger charge is -2.20. The summed E-state index contributed by atoms with van der Waals surface area (Å²) in [5.74, 6) is -1.45. The first kappa shape index (κ1) is 23.3. The third-order valence-corrected chi connectivity index (χ3v) is 5.30. The van der Waals surface area contributed by atoms with Gasteiger partial charge >= 0.3 is 7.82 Å². The third-order valence-electron chi connectivity index (χ3n) is 4.81. The van der Waals surface area contributed by atoms with Gasteiger partial charge in [-0.15, -0.1) is 0 Å². The maximum atomic E-state index is 14.0. The van der Waals surface area contributed by atoms with E-state index >= 15 is 0 Å². The zero-order chi connectivity index (χ0) is 23.8. The van der Waals surface area contributed by atoms with Gasteiger partial charge in [-0.25, -0.2) is 23.9 Å². The standard InChI is InChI=1S/C17H19FN5O9P/c18-8-1-2-9(31-17-14(26)13(25)10(32-17)4-30-33(27,28)29)7(12(8)24)3-19-15-11-16(21-5-20-11)23-6-22-15/h1-2,5-6,10,13-14,17,24-26H,3-4H2,(H2,27,28,29)(H2,19,20,21,22,23)/t10-,13-,14-,17?/m1/s1. The molecule has 1 aromatic carbocycles. The molecule has 0 aliphatic carbocycles. The monoisotopic (exact) mass is 487 g/mol. The molecule has 0 bridgehead atoms. The number of fused-ring (bicyclic) bond motifs is 1. The molecule has 178 valence electrons. The van der Waals surface area contributed by atoms with Gasteiger partial charge in [0, 0.05) is 6.54 Å². The molecule has 0 spiro atoms. The molecule has 4 atom stereocenters. The van der Waals surface area contributed by atoms with Crippen molar-refractivity contribution in [3.05, 3.63) is 36.2 Å². The number of benzene rings is 1. The van der Waals surface area contributed by atoms with Crippen molar-refractivity contribution in [1.29, 1.82) is 0 Å². The number of aliphatic hydroxyl groups is 2. The molecular weight excluding hydrogens is 468 g/mol. The highest BCUT2D eigenvalue weighted by atomic mass is 31.2. The van der Waals surface area contributed by atoms with E-state index in [1.807, 2.05) is 0 Å². The van der Waals surface area contributed by atoms with Crippen LogP contribution < -0.4 is 10.1 Å². The SMILES string of the molecule is O=P(O)(O)OC[C@H]1OC(Oc2ccc(F)c(O)c2CNc2ncnc3nc[nH]c23)[C@H](O)[C@@H]1O. The van der Waals surface area contributed by atoms with Gasteiger partial charge in [-0.05, 0) is 12.1 Å². The van der Waals surface area contributed by atoms with Crippen LogP contribution in [0.15, 0.2) is 24.8 Å². The number of aromatic amines is 1. The lowest BCUT2D eigenvalue weighted by atomic mass is 10.1. The number of hydrogen-bond acceptors (Lipinski definition) is 11. The Morgan fingerprint density at radius 3 is 2.76 bits per heavy atom. The van der Waals surface area contributed by atoms with Crippen LogP contribution >= 0.6 is 7.82 Å². The fourth-order valence-corrected chi connectivity index (χ4v) is 3.53. The Labute approximate surface area is 184 Å². The first-order valence-corrected chi connectivity index (χ1v) is 10.9. The van der Waals surface area contributed by atoms with Crippen molar-refractivity contribution in [2.24, 2.45) is 0 Å². The maximum Gasteiger partial charge on any atom is 0.469 e. The molecule has 1 unspecified atom stereocenters. The van der Waals surface area contributed by atoms with Gasteiger partial charge in [0.2, 0.25) is 6.29 Å². The number of imidazole rings is 1. The van der Waals surface area contributed by atoms with Crippen LogP contribution in [0, 0.1) is 5.82 Å². The zero-order valence-corrected chi connectivity index (χ0v) is 17.5. The normalized spacial score (nSPS) is 23.2. The minimum atomic E-state index is -4.84. The number of nitrogens with zero attached hydrogens (tertiary/aromatic N) is 3. The van der Waals surface area contributed by atoms with Gasteiger partial charge in [0.05, 0.1) is 18.5 Å². The highest BCUT2D eigenvalue weighted by Gasteiger charge is 2.45. The molecule has 1 saturated heterocycles. The number of phenols is 1. The second kappa shape index (κ2) is 9.15. The van der Waals surface area contributed by atoms with E-state index in [0.29, 0.717) is 17.0 Å². The predicted octanol–water partition coefficient (Wildman–Crippen LogP) is -0.256. The summed E-state index contributed by atoms with van der Waals surface area (Å²) in [7, 11) is -4.84. The Morgan fingerprint density at radius 2 is 2.00 bits per heavy atom. The summed E-state index contributed by atoms with van der Waals surface area (Å²) in [5.41, 5.74) is 0.801. The van der Waals surface area contributed by atoms with Crippen molar-refractivity contribution in [3.8, 4) is 11.5 Å². The van der Waals surface area contributed by atoms with Crippen LogP contribution in [-0.4, -0.2) is 76.3 Å². The van der Waals surface area contributed by atoms with Crippen molar-refractivity contribution < 1.29 is 48.1 Å². The van der Waals surface area contributed by atoms with Crippen LogP contribution in [0.3, 0.4) is 0 Å². The predicted molar refractivity (Wildman–Crippen MR) is 106 cm³/mol. The summed E-state index contributed by atoms with van der Waals surface area (Å²) in [4.78, 5) is 32.5. The van der Waals surface area contributed by atoms with Crippen LogP contribution in [0.25, 0.3) is 11.2 Å². The highest BCUT2D eigenvalue weighted by molar-refractivity contribution is 7.46. The van der Waals surface area contributed by atoms with Crippen molar-refractivity contribution in [1.82, 2.24) is 19.9 Å². The van der Waals surface area contributed by atoms with Crippen LogP contribution in [0.4, 0.5) is 10.2 Å². The van der Waals surface area contributed by atoms with Crippen LogP contribution in [0.2, 0.25) is 0 Å². The first-order chi connectivity index (χ1) is 15.6. The van der Waals surface area contributed by atoms with Gasteiger partial charge in [0.1, 0.15) is 35.9 Å². The Bertz CT molecular complexity index is 1190. The number of aliphatic hydroxyl groups excluding tert-OH is 2. The van der Waals surface area contributed by atoms with Gasteiger partial charge in [0.15, 0.2) is 23.0 Å². The number of nitrogens with one attached hydrogen (secondary N) is 2. The minimum absolute atomic E-state index is 0.0542. The molecule has 14 nitrogen and oxygen atoms in total. The molecule has 4 rings (SSSR count). The summed E-state index contributed by atoms with van der Waals surface area (Å²) in [6.07, 6.45) is -3.37. The molecule has 0 saturated carbocycles. The molecule has 3 heterocycles. The second-order valence-corrected chi connectivity index (χ2v) is 8.22. The molecular formula is C17H19FN5O9P. The summed E-state index contributed by atoms with van der Waals surface area (Å²) in [6, 6.07) is 2.11. The number of phosphoric acid groups is 1. The number of aromatic hydroxyl groups is 1. The fraction of sp³-hybridized carbons (Fsp3) is 0.353. The van der Waals surface area contributed by atoms with Crippen molar-refractivity contribution in [3.63, 3.8) is 0 Å². The molecule has 16 heteroatoms. The Morgan fingerprint density at radius 1 is 1.21 bits per heavy atom.